The van der Waals surface area contributed by atoms with Gasteiger partial charge in [-0.3, -0.25) is 4.79 Å². The van der Waals surface area contributed by atoms with Gasteiger partial charge in [-0.25, -0.2) is 0 Å². The molecular weight excluding hydrogens is 320 g/mol. The second kappa shape index (κ2) is 7.63. The molecule has 128 valence electrons. The summed E-state index contributed by atoms with van der Waals surface area (Å²) >= 11 is 0. The van der Waals surface area contributed by atoms with Crippen LogP contribution in [-0.2, 0) is 11.3 Å². The lowest BCUT2D eigenvalue weighted by Gasteiger charge is -2.11. The van der Waals surface area contributed by atoms with E-state index in [0.29, 0.717) is 22.8 Å². The van der Waals surface area contributed by atoms with Gasteiger partial charge in [0.2, 0.25) is 0 Å². The SMILES string of the molecule is COc1cccc(C(O)C(=O)NCc2cc(-c3ccccc3)on2)c1. The second-order valence-electron chi connectivity index (χ2n) is 5.45. The van der Waals surface area contributed by atoms with Crippen molar-refractivity contribution in [2.75, 3.05) is 7.11 Å². The van der Waals surface area contributed by atoms with Crippen LogP contribution in [0.4, 0.5) is 0 Å². The minimum atomic E-state index is -1.28. The fourth-order valence-corrected chi connectivity index (χ4v) is 2.37. The molecule has 0 radical (unpaired) electrons. The summed E-state index contributed by atoms with van der Waals surface area (Å²) in [6.07, 6.45) is -1.28. The molecule has 0 aliphatic heterocycles. The third-order valence-corrected chi connectivity index (χ3v) is 3.72. The van der Waals surface area contributed by atoms with Gasteiger partial charge in [0.25, 0.3) is 5.91 Å². The van der Waals surface area contributed by atoms with Gasteiger partial charge in [0.15, 0.2) is 11.9 Å². The van der Waals surface area contributed by atoms with Gasteiger partial charge in [-0.15, -0.1) is 0 Å². The Morgan fingerprint density at radius 1 is 1.20 bits per heavy atom. The highest BCUT2D eigenvalue weighted by Gasteiger charge is 2.18. The Morgan fingerprint density at radius 3 is 2.76 bits per heavy atom. The van der Waals surface area contributed by atoms with Crippen LogP contribution in [0.25, 0.3) is 11.3 Å². The first-order valence-electron chi connectivity index (χ1n) is 7.78. The molecule has 3 rings (SSSR count). The second-order valence-corrected chi connectivity index (χ2v) is 5.45. The van der Waals surface area contributed by atoms with Crippen molar-refractivity contribution in [2.45, 2.75) is 12.6 Å². The highest BCUT2D eigenvalue weighted by molar-refractivity contribution is 5.82. The van der Waals surface area contributed by atoms with Crippen molar-refractivity contribution in [1.82, 2.24) is 10.5 Å². The van der Waals surface area contributed by atoms with E-state index in [-0.39, 0.29) is 6.54 Å². The van der Waals surface area contributed by atoms with E-state index >= 15 is 0 Å². The van der Waals surface area contributed by atoms with Gasteiger partial charge >= 0.3 is 0 Å². The van der Waals surface area contributed by atoms with Crippen molar-refractivity contribution in [3.8, 4) is 17.1 Å². The smallest absolute Gasteiger partial charge is 0.253 e. The van der Waals surface area contributed by atoms with Crippen LogP contribution in [0, 0.1) is 0 Å². The Bertz CT molecular complexity index is 845. The third kappa shape index (κ3) is 4.05. The van der Waals surface area contributed by atoms with Crippen molar-refractivity contribution in [3.63, 3.8) is 0 Å². The van der Waals surface area contributed by atoms with Crippen LogP contribution in [0.15, 0.2) is 65.2 Å². The van der Waals surface area contributed by atoms with Crippen molar-refractivity contribution >= 4 is 5.91 Å². The van der Waals surface area contributed by atoms with Crippen LogP contribution in [0.3, 0.4) is 0 Å². The van der Waals surface area contributed by atoms with Crippen LogP contribution in [0.5, 0.6) is 5.75 Å². The zero-order valence-corrected chi connectivity index (χ0v) is 13.7. The zero-order valence-electron chi connectivity index (χ0n) is 13.7. The number of hydrogen-bond donors (Lipinski definition) is 2. The molecule has 1 atom stereocenters. The highest BCUT2D eigenvalue weighted by Crippen LogP contribution is 2.21. The third-order valence-electron chi connectivity index (χ3n) is 3.72. The van der Waals surface area contributed by atoms with Gasteiger partial charge in [0.1, 0.15) is 11.4 Å². The maximum absolute atomic E-state index is 12.1. The number of nitrogens with zero attached hydrogens (tertiary/aromatic N) is 1. The van der Waals surface area contributed by atoms with Crippen LogP contribution >= 0.6 is 0 Å². The van der Waals surface area contributed by atoms with E-state index in [0.717, 1.165) is 5.56 Å². The van der Waals surface area contributed by atoms with E-state index in [2.05, 4.69) is 10.5 Å². The van der Waals surface area contributed by atoms with Crippen LogP contribution in [-0.4, -0.2) is 23.3 Å². The van der Waals surface area contributed by atoms with Gasteiger partial charge < -0.3 is 19.7 Å². The molecule has 0 saturated carbocycles. The van der Waals surface area contributed by atoms with Gasteiger partial charge in [-0.1, -0.05) is 47.6 Å². The Labute approximate surface area is 145 Å². The van der Waals surface area contributed by atoms with Gasteiger partial charge in [0.05, 0.1) is 13.7 Å². The normalized spacial score (nSPS) is 11.8. The van der Waals surface area contributed by atoms with E-state index in [4.69, 9.17) is 9.26 Å². The number of methoxy groups -OCH3 is 1. The maximum atomic E-state index is 12.1. The minimum absolute atomic E-state index is 0.163. The first-order valence-corrected chi connectivity index (χ1v) is 7.78. The number of aliphatic hydroxyl groups excluding tert-OH is 1. The molecule has 0 bridgehead atoms. The van der Waals surface area contributed by atoms with Crippen molar-refractivity contribution in [3.05, 3.63) is 71.9 Å². The van der Waals surface area contributed by atoms with Gasteiger partial charge in [-0.05, 0) is 17.7 Å². The topological polar surface area (TPSA) is 84.6 Å². The lowest BCUT2D eigenvalue weighted by Crippen LogP contribution is -2.28. The lowest BCUT2D eigenvalue weighted by molar-refractivity contribution is -0.129. The van der Waals surface area contributed by atoms with E-state index in [9.17, 15) is 9.90 Å². The summed E-state index contributed by atoms with van der Waals surface area (Å²) in [7, 11) is 1.53. The average molecular weight is 338 g/mol. The Morgan fingerprint density at radius 2 is 2.00 bits per heavy atom. The molecule has 0 saturated heterocycles. The first-order chi connectivity index (χ1) is 12.2. The summed E-state index contributed by atoms with van der Waals surface area (Å²) in [5.41, 5.74) is 1.94. The molecular formula is C19H18N2O4. The number of aromatic nitrogens is 1. The monoisotopic (exact) mass is 338 g/mol. The summed E-state index contributed by atoms with van der Waals surface area (Å²) in [6, 6.07) is 18.1. The summed E-state index contributed by atoms with van der Waals surface area (Å²) in [5, 5.41) is 16.7. The quantitative estimate of drug-likeness (QED) is 0.722. The Balaban J connectivity index is 1.61. The van der Waals surface area contributed by atoms with Crippen molar-refractivity contribution in [1.29, 1.82) is 0 Å². The zero-order chi connectivity index (χ0) is 17.6. The molecule has 1 heterocycles. The molecule has 0 aliphatic rings. The first kappa shape index (κ1) is 16.7. The number of ether oxygens (including phenoxy) is 1. The van der Waals surface area contributed by atoms with Crippen LogP contribution in [0.2, 0.25) is 0 Å². The molecule has 1 unspecified atom stereocenters. The molecule has 3 aromatic rings. The average Bonchev–Trinajstić information content (AvgIpc) is 3.15. The standard InChI is InChI=1S/C19H18N2O4/c1-24-16-9-5-8-14(10-16)18(22)19(23)20-12-15-11-17(25-21-15)13-6-3-2-4-7-13/h2-11,18,22H,12H2,1H3,(H,20,23). The lowest BCUT2D eigenvalue weighted by atomic mass is 10.1. The summed E-state index contributed by atoms with van der Waals surface area (Å²) in [5.74, 6) is 0.684. The molecule has 0 aliphatic carbocycles. The molecule has 25 heavy (non-hydrogen) atoms. The number of hydrogen-bond acceptors (Lipinski definition) is 5. The Hall–Kier alpha value is -3.12. The molecule has 1 amide bonds. The van der Waals surface area contributed by atoms with E-state index in [1.165, 1.54) is 7.11 Å². The number of rotatable bonds is 6. The molecule has 2 N–H and O–H groups in total. The Kier molecular flexibility index (Phi) is 5.11. The van der Waals surface area contributed by atoms with E-state index < -0.39 is 12.0 Å². The van der Waals surface area contributed by atoms with Gasteiger partial charge in [-0.2, -0.15) is 0 Å². The van der Waals surface area contributed by atoms with Crippen molar-refractivity contribution < 1.29 is 19.2 Å². The number of amides is 1. The predicted octanol–water partition coefficient (Wildman–Crippen LogP) is 2.70. The number of aliphatic hydroxyl groups is 1. The van der Waals surface area contributed by atoms with Crippen LogP contribution in [0.1, 0.15) is 17.4 Å². The van der Waals surface area contributed by atoms with Crippen molar-refractivity contribution in [2.24, 2.45) is 0 Å². The summed E-state index contributed by atoms with van der Waals surface area (Å²) in [6.45, 7) is 0.163. The molecule has 6 nitrogen and oxygen atoms in total. The minimum Gasteiger partial charge on any atom is -0.497 e. The molecule has 6 heteroatoms. The fraction of sp³-hybridized carbons (Fsp3) is 0.158. The maximum Gasteiger partial charge on any atom is 0.253 e. The van der Waals surface area contributed by atoms with Crippen LogP contribution < -0.4 is 10.1 Å². The number of nitrogens with one attached hydrogen (secondary N) is 1. The molecule has 1 aromatic heterocycles. The molecule has 2 aromatic carbocycles. The van der Waals surface area contributed by atoms with Gasteiger partial charge in [0, 0.05) is 11.6 Å². The molecule has 0 spiro atoms. The largest absolute Gasteiger partial charge is 0.497 e. The number of benzene rings is 2. The number of carbonyl (C=O) groups is 1. The fourth-order valence-electron chi connectivity index (χ4n) is 2.37. The van der Waals surface area contributed by atoms with E-state index in [1.807, 2.05) is 30.3 Å². The highest BCUT2D eigenvalue weighted by atomic mass is 16.5. The van der Waals surface area contributed by atoms with E-state index in [1.54, 1.807) is 30.3 Å². The summed E-state index contributed by atoms with van der Waals surface area (Å²) < 4.78 is 10.4. The number of carbonyl (C=O) groups excluding carboxylic acids is 1. The summed E-state index contributed by atoms with van der Waals surface area (Å²) in [4.78, 5) is 12.1. The predicted molar refractivity (Wildman–Crippen MR) is 91.7 cm³/mol. The molecule has 0 fully saturated rings.